The summed E-state index contributed by atoms with van der Waals surface area (Å²) in [4.78, 5) is 37.4. The number of carbonyl (C=O) groups excluding carboxylic acids is 3. The Hall–Kier alpha value is -3.11. The summed E-state index contributed by atoms with van der Waals surface area (Å²) in [5.41, 5.74) is -2.35. The van der Waals surface area contributed by atoms with Crippen molar-refractivity contribution in [1.82, 2.24) is 10.6 Å². The molecule has 0 aliphatic heterocycles. The molecule has 4 atom stereocenters. The molecule has 2 N–H and O–H groups in total. The normalized spacial score (nSPS) is 28.3. The highest BCUT2D eigenvalue weighted by molar-refractivity contribution is 6.31. The highest BCUT2D eigenvalue weighted by Crippen LogP contribution is 2.75. The average molecular weight is 569 g/mol. The first kappa shape index (κ1) is 26.5. The van der Waals surface area contributed by atoms with Crippen molar-refractivity contribution < 1.29 is 37.4 Å². The number of rotatable bonds is 9. The summed E-state index contributed by atoms with van der Waals surface area (Å²) in [7, 11) is 0. The number of amides is 2. The molecular formula is C26H24Cl2F2N2O6. The van der Waals surface area contributed by atoms with Gasteiger partial charge >= 0.3 is 5.97 Å². The maximum Gasteiger partial charge on any atom is 0.303 e. The van der Waals surface area contributed by atoms with E-state index >= 15 is 0 Å². The van der Waals surface area contributed by atoms with Crippen LogP contribution in [-0.4, -0.2) is 47.7 Å². The van der Waals surface area contributed by atoms with Gasteiger partial charge in [0.25, 0.3) is 11.8 Å². The fraction of sp³-hybridized carbons (Fsp3) is 0.423. The molecule has 3 unspecified atom stereocenters. The molecule has 4 fully saturated rings. The van der Waals surface area contributed by atoms with Gasteiger partial charge in [-0.05, 0) is 43.5 Å². The van der Waals surface area contributed by atoms with Crippen molar-refractivity contribution in [2.24, 2.45) is 5.92 Å². The zero-order valence-corrected chi connectivity index (χ0v) is 21.8. The maximum atomic E-state index is 13.6. The third kappa shape index (κ3) is 4.64. The number of ether oxygens (including phenoxy) is 3. The molecule has 6 rings (SSSR count). The van der Waals surface area contributed by atoms with Crippen molar-refractivity contribution in [3.05, 3.63) is 58.1 Å². The van der Waals surface area contributed by atoms with Gasteiger partial charge in [0.15, 0.2) is 13.2 Å². The SMILES string of the molecule is CC(=O)O[C@@]12CC3(NC(=O)COc4ccc(Cl)c(F)c4)CCC1(NC(=O)COc1ccc(Cl)c(F)c1)C2C3. The van der Waals surface area contributed by atoms with Crippen molar-refractivity contribution in [2.45, 2.75) is 49.3 Å². The van der Waals surface area contributed by atoms with E-state index in [1.54, 1.807) is 0 Å². The van der Waals surface area contributed by atoms with Crippen LogP contribution in [0.4, 0.5) is 8.78 Å². The molecule has 0 heterocycles. The second kappa shape index (κ2) is 9.57. The fourth-order valence-electron chi connectivity index (χ4n) is 6.17. The standard InChI is InChI=1S/C26H24Cl2F2N2O6/c1-14(33)38-26-13-24(31-22(34)11-36-15-2-4-17(27)19(29)8-15)6-7-25(26,21(26)10-24)32-23(35)12-37-16-3-5-18(28)20(30)9-16/h2-5,8-9,21H,6-7,10-13H2,1H3,(H,31,34)(H,32,35)/t21?,24?,25?,26-/m1/s1. The summed E-state index contributed by atoms with van der Waals surface area (Å²) in [6, 6.07) is 7.77. The minimum absolute atomic E-state index is 0.0511. The first-order valence-electron chi connectivity index (χ1n) is 11.9. The lowest BCUT2D eigenvalue weighted by molar-refractivity contribution is -0.153. The molecule has 0 spiro atoms. The third-order valence-corrected chi connectivity index (χ3v) is 8.25. The van der Waals surface area contributed by atoms with Gasteiger partial charge in [-0.25, -0.2) is 8.78 Å². The van der Waals surface area contributed by atoms with Gasteiger partial charge in [-0.2, -0.15) is 0 Å². The van der Waals surface area contributed by atoms with Crippen LogP contribution in [0, 0.1) is 17.6 Å². The summed E-state index contributed by atoms with van der Waals surface area (Å²) in [5.74, 6) is -2.53. The van der Waals surface area contributed by atoms with Crippen LogP contribution in [0.1, 0.15) is 32.6 Å². The highest BCUT2D eigenvalue weighted by Gasteiger charge is 2.88. The van der Waals surface area contributed by atoms with Crippen LogP contribution in [0.25, 0.3) is 0 Å². The lowest BCUT2D eigenvalue weighted by atomic mass is 9.74. The second-order valence-electron chi connectivity index (χ2n) is 9.99. The number of halogens is 4. The number of esters is 1. The lowest BCUT2D eigenvalue weighted by Gasteiger charge is -2.44. The molecule has 4 bridgehead atoms. The smallest absolute Gasteiger partial charge is 0.303 e. The topological polar surface area (TPSA) is 103 Å². The molecular weight excluding hydrogens is 545 g/mol. The summed E-state index contributed by atoms with van der Waals surface area (Å²) < 4.78 is 43.8. The number of carbonyl (C=O) groups is 3. The Morgan fingerprint density at radius 1 is 0.921 bits per heavy atom. The van der Waals surface area contributed by atoms with E-state index in [0.717, 1.165) is 12.1 Å². The van der Waals surface area contributed by atoms with Crippen LogP contribution in [-0.2, 0) is 19.1 Å². The van der Waals surface area contributed by atoms with Gasteiger partial charge in [-0.1, -0.05) is 23.2 Å². The molecule has 4 aliphatic carbocycles. The van der Waals surface area contributed by atoms with E-state index in [1.165, 1.54) is 31.2 Å². The molecule has 0 radical (unpaired) electrons. The quantitative estimate of drug-likeness (QED) is 0.444. The lowest BCUT2D eigenvalue weighted by Crippen LogP contribution is -2.61. The van der Waals surface area contributed by atoms with E-state index in [4.69, 9.17) is 37.4 Å². The van der Waals surface area contributed by atoms with E-state index < -0.39 is 46.1 Å². The van der Waals surface area contributed by atoms with Gasteiger partial charge in [0.2, 0.25) is 0 Å². The molecule has 12 heteroatoms. The molecule has 38 heavy (non-hydrogen) atoms. The van der Waals surface area contributed by atoms with Crippen molar-refractivity contribution >= 4 is 41.0 Å². The van der Waals surface area contributed by atoms with Crippen LogP contribution >= 0.6 is 23.2 Å². The minimum Gasteiger partial charge on any atom is -0.484 e. The zero-order valence-electron chi connectivity index (χ0n) is 20.2. The number of hydrogen-bond acceptors (Lipinski definition) is 6. The maximum absolute atomic E-state index is 13.6. The molecule has 2 amide bonds. The van der Waals surface area contributed by atoms with Gasteiger partial charge in [-0.15, -0.1) is 0 Å². The van der Waals surface area contributed by atoms with E-state index in [0.29, 0.717) is 25.7 Å². The van der Waals surface area contributed by atoms with Crippen molar-refractivity contribution in [3.63, 3.8) is 0 Å². The summed E-state index contributed by atoms with van der Waals surface area (Å²) in [5, 5.41) is 5.88. The predicted octanol–water partition coefficient (Wildman–Crippen LogP) is 3.96. The van der Waals surface area contributed by atoms with Gasteiger partial charge in [0, 0.05) is 36.9 Å². The molecule has 8 nitrogen and oxygen atoms in total. The Morgan fingerprint density at radius 3 is 2.00 bits per heavy atom. The molecule has 202 valence electrons. The molecule has 0 saturated heterocycles. The molecule has 2 aromatic rings. The van der Waals surface area contributed by atoms with Crippen LogP contribution in [0.5, 0.6) is 11.5 Å². The van der Waals surface area contributed by atoms with Gasteiger partial charge in [0.1, 0.15) is 28.7 Å². The Kier molecular flexibility index (Phi) is 6.67. The summed E-state index contributed by atoms with van der Waals surface area (Å²) in [6.07, 6.45) is 1.83. The largest absolute Gasteiger partial charge is 0.484 e. The second-order valence-corrected chi connectivity index (χ2v) is 10.8. The van der Waals surface area contributed by atoms with Crippen molar-refractivity contribution in [2.75, 3.05) is 13.2 Å². The number of nitrogens with one attached hydrogen (secondary N) is 2. The first-order chi connectivity index (χ1) is 18.0. The summed E-state index contributed by atoms with van der Waals surface area (Å²) >= 11 is 11.3. The Labute approximate surface area is 226 Å². The van der Waals surface area contributed by atoms with Crippen LogP contribution in [0.2, 0.25) is 10.0 Å². The van der Waals surface area contributed by atoms with Gasteiger partial charge < -0.3 is 24.8 Å². The minimum atomic E-state index is -0.952. The van der Waals surface area contributed by atoms with Crippen molar-refractivity contribution in [1.29, 1.82) is 0 Å². The van der Waals surface area contributed by atoms with E-state index in [1.807, 2.05) is 0 Å². The Bertz CT molecular complexity index is 1330. The van der Waals surface area contributed by atoms with Crippen LogP contribution in [0.15, 0.2) is 36.4 Å². The van der Waals surface area contributed by atoms with E-state index in [-0.39, 0.29) is 40.7 Å². The number of hydrogen-bond donors (Lipinski definition) is 2. The average Bonchev–Trinajstić information content (AvgIpc) is 3.21. The molecule has 4 saturated carbocycles. The van der Waals surface area contributed by atoms with Gasteiger partial charge in [-0.3, -0.25) is 14.4 Å². The molecule has 2 aromatic carbocycles. The zero-order chi connectivity index (χ0) is 27.3. The molecule has 4 aliphatic rings. The van der Waals surface area contributed by atoms with Crippen molar-refractivity contribution in [3.8, 4) is 11.5 Å². The third-order valence-electron chi connectivity index (χ3n) is 7.64. The first-order valence-corrected chi connectivity index (χ1v) is 12.7. The van der Waals surface area contributed by atoms with E-state index in [9.17, 15) is 23.2 Å². The van der Waals surface area contributed by atoms with Crippen LogP contribution in [0.3, 0.4) is 0 Å². The van der Waals surface area contributed by atoms with Gasteiger partial charge in [0.05, 0.1) is 15.6 Å². The highest BCUT2D eigenvalue weighted by atomic mass is 35.5. The Morgan fingerprint density at radius 2 is 1.47 bits per heavy atom. The monoisotopic (exact) mass is 568 g/mol. The molecule has 0 aromatic heterocycles. The number of fused-ring (bicyclic) bond motifs is 1. The number of benzene rings is 2. The Balaban J connectivity index is 1.20. The fourth-order valence-corrected chi connectivity index (χ4v) is 6.41. The summed E-state index contributed by atoms with van der Waals surface area (Å²) in [6.45, 7) is 0.600. The van der Waals surface area contributed by atoms with E-state index in [2.05, 4.69) is 10.6 Å². The van der Waals surface area contributed by atoms with Crippen LogP contribution < -0.4 is 20.1 Å². The predicted molar refractivity (Wildman–Crippen MR) is 132 cm³/mol.